The van der Waals surface area contributed by atoms with Crippen molar-refractivity contribution in [1.82, 2.24) is 24.8 Å². The van der Waals surface area contributed by atoms with Crippen LogP contribution >= 0.6 is 0 Å². The molecule has 8 heteroatoms. The Kier molecular flexibility index (Phi) is 3.81. The van der Waals surface area contributed by atoms with E-state index in [9.17, 15) is 13.2 Å². The molecule has 1 fully saturated rings. The number of hydrogen-bond donors (Lipinski definition) is 1. The maximum atomic E-state index is 12.8. The molecule has 3 heterocycles. The van der Waals surface area contributed by atoms with E-state index in [2.05, 4.69) is 20.4 Å². The Hall–Kier alpha value is -1.67. The first-order valence-corrected chi connectivity index (χ1v) is 6.88. The predicted molar refractivity (Wildman–Crippen MR) is 70.8 cm³/mol. The van der Waals surface area contributed by atoms with Gasteiger partial charge in [0.05, 0.1) is 12.1 Å². The highest BCUT2D eigenvalue weighted by Gasteiger charge is 2.31. The average Bonchev–Trinajstić information content (AvgIpc) is 2.66. The maximum Gasteiger partial charge on any atom is 0.417 e. The largest absolute Gasteiger partial charge is 0.417 e. The van der Waals surface area contributed by atoms with Gasteiger partial charge in [-0.2, -0.15) is 13.2 Å². The van der Waals surface area contributed by atoms with Crippen LogP contribution in [0.25, 0.3) is 5.65 Å². The lowest BCUT2D eigenvalue weighted by Crippen LogP contribution is -2.28. The minimum atomic E-state index is -4.36. The second-order valence-electron chi connectivity index (χ2n) is 5.14. The topological polar surface area (TPSA) is 45.5 Å². The standard InChI is InChI=1S/C13H16F3N5/c14-13(15,16)10-2-3-11-18-19-12(21(11)8-10)9-20-6-1-4-17-5-7-20/h2-3,8,17H,1,4-7,9H2. The van der Waals surface area contributed by atoms with E-state index >= 15 is 0 Å². The molecule has 0 spiro atoms. The lowest BCUT2D eigenvalue weighted by Gasteiger charge is -2.18. The SMILES string of the molecule is FC(F)(F)c1ccc2nnc(CN3CCCNCC3)n2c1. The van der Waals surface area contributed by atoms with Gasteiger partial charge in [0, 0.05) is 19.3 Å². The molecular formula is C13H16F3N5. The van der Waals surface area contributed by atoms with Crippen molar-refractivity contribution in [1.29, 1.82) is 0 Å². The summed E-state index contributed by atoms with van der Waals surface area (Å²) in [6.45, 7) is 4.11. The summed E-state index contributed by atoms with van der Waals surface area (Å²) in [5.74, 6) is 0.540. The van der Waals surface area contributed by atoms with E-state index in [0.717, 1.165) is 44.9 Å². The summed E-state index contributed by atoms with van der Waals surface area (Å²) in [6.07, 6.45) is -2.27. The van der Waals surface area contributed by atoms with Crippen molar-refractivity contribution in [3.05, 3.63) is 29.7 Å². The average molecular weight is 299 g/mol. The number of pyridine rings is 1. The number of nitrogens with one attached hydrogen (secondary N) is 1. The number of aromatic nitrogens is 3. The van der Waals surface area contributed by atoms with Gasteiger partial charge >= 0.3 is 6.18 Å². The quantitative estimate of drug-likeness (QED) is 0.914. The molecule has 21 heavy (non-hydrogen) atoms. The van der Waals surface area contributed by atoms with Gasteiger partial charge in [-0.1, -0.05) is 0 Å². The van der Waals surface area contributed by atoms with Crippen molar-refractivity contribution in [2.75, 3.05) is 26.2 Å². The summed E-state index contributed by atoms with van der Waals surface area (Å²) >= 11 is 0. The number of nitrogens with zero attached hydrogens (tertiary/aromatic N) is 4. The summed E-state index contributed by atoms with van der Waals surface area (Å²) in [5.41, 5.74) is -0.250. The molecule has 1 aliphatic rings. The van der Waals surface area contributed by atoms with E-state index in [1.54, 1.807) is 0 Å². The van der Waals surface area contributed by atoms with E-state index < -0.39 is 11.7 Å². The van der Waals surface area contributed by atoms with Crippen LogP contribution < -0.4 is 5.32 Å². The lowest BCUT2D eigenvalue weighted by atomic mass is 10.3. The highest BCUT2D eigenvalue weighted by Crippen LogP contribution is 2.29. The predicted octanol–water partition coefficient (Wildman–Crippen LogP) is 1.54. The molecule has 2 aromatic rings. The highest BCUT2D eigenvalue weighted by molar-refractivity contribution is 5.40. The van der Waals surface area contributed by atoms with E-state index in [1.165, 1.54) is 10.5 Å². The minimum absolute atomic E-state index is 0.436. The zero-order valence-corrected chi connectivity index (χ0v) is 11.4. The number of fused-ring (bicyclic) bond motifs is 1. The normalized spacial score (nSPS) is 18.0. The fraction of sp³-hybridized carbons (Fsp3) is 0.538. The Bertz CT molecular complexity index is 614. The molecule has 1 saturated heterocycles. The summed E-state index contributed by atoms with van der Waals surface area (Å²) in [5, 5.41) is 11.3. The first-order valence-electron chi connectivity index (χ1n) is 6.88. The highest BCUT2D eigenvalue weighted by atomic mass is 19.4. The summed E-state index contributed by atoms with van der Waals surface area (Å²) in [4.78, 5) is 2.18. The van der Waals surface area contributed by atoms with Gasteiger partial charge in [-0.15, -0.1) is 10.2 Å². The molecule has 0 aliphatic carbocycles. The summed E-state index contributed by atoms with van der Waals surface area (Å²) in [7, 11) is 0. The Labute approximate surface area is 119 Å². The first kappa shape index (κ1) is 14.3. The molecule has 0 bridgehead atoms. The Morgan fingerprint density at radius 2 is 2.00 bits per heavy atom. The monoisotopic (exact) mass is 299 g/mol. The zero-order chi connectivity index (χ0) is 14.9. The van der Waals surface area contributed by atoms with Gasteiger partial charge < -0.3 is 5.32 Å². The van der Waals surface area contributed by atoms with E-state index in [4.69, 9.17) is 0 Å². The molecule has 5 nitrogen and oxygen atoms in total. The Balaban J connectivity index is 1.87. The molecule has 0 saturated carbocycles. The van der Waals surface area contributed by atoms with Crippen molar-refractivity contribution in [3.8, 4) is 0 Å². The van der Waals surface area contributed by atoms with Crippen LogP contribution in [0.15, 0.2) is 18.3 Å². The van der Waals surface area contributed by atoms with Gasteiger partial charge in [-0.3, -0.25) is 9.30 Å². The van der Waals surface area contributed by atoms with Gasteiger partial charge in [0.25, 0.3) is 0 Å². The molecule has 0 atom stereocenters. The van der Waals surface area contributed by atoms with Crippen LogP contribution in [-0.2, 0) is 12.7 Å². The Morgan fingerprint density at radius 1 is 1.14 bits per heavy atom. The van der Waals surface area contributed by atoms with Gasteiger partial charge in [0.15, 0.2) is 11.5 Å². The second kappa shape index (κ2) is 5.61. The second-order valence-corrected chi connectivity index (χ2v) is 5.14. The maximum absolute atomic E-state index is 12.8. The van der Waals surface area contributed by atoms with Crippen molar-refractivity contribution in [2.45, 2.75) is 19.1 Å². The Morgan fingerprint density at radius 3 is 2.81 bits per heavy atom. The fourth-order valence-corrected chi connectivity index (χ4v) is 2.47. The third kappa shape index (κ3) is 3.16. The molecule has 2 aromatic heterocycles. The summed E-state index contributed by atoms with van der Waals surface area (Å²) in [6, 6.07) is 2.38. The van der Waals surface area contributed by atoms with Crippen LogP contribution in [0.3, 0.4) is 0 Å². The van der Waals surface area contributed by atoms with Crippen LogP contribution in [0.5, 0.6) is 0 Å². The number of alkyl halides is 3. The third-order valence-corrected chi connectivity index (χ3v) is 3.60. The molecule has 0 unspecified atom stereocenters. The number of halogens is 3. The van der Waals surface area contributed by atoms with Crippen LogP contribution in [0.1, 0.15) is 17.8 Å². The van der Waals surface area contributed by atoms with Gasteiger partial charge in [0.2, 0.25) is 0 Å². The molecular weight excluding hydrogens is 283 g/mol. The molecule has 0 aromatic carbocycles. The number of hydrogen-bond acceptors (Lipinski definition) is 4. The summed E-state index contributed by atoms with van der Waals surface area (Å²) < 4.78 is 39.8. The molecule has 3 rings (SSSR count). The van der Waals surface area contributed by atoms with Crippen LogP contribution in [0.4, 0.5) is 13.2 Å². The van der Waals surface area contributed by atoms with Gasteiger partial charge in [-0.25, -0.2) is 0 Å². The van der Waals surface area contributed by atoms with E-state index in [1.807, 2.05) is 0 Å². The van der Waals surface area contributed by atoms with Crippen LogP contribution in [0, 0.1) is 0 Å². The molecule has 114 valence electrons. The van der Waals surface area contributed by atoms with E-state index in [-0.39, 0.29) is 0 Å². The van der Waals surface area contributed by atoms with Gasteiger partial charge in [-0.05, 0) is 31.6 Å². The third-order valence-electron chi connectivity index (χ3n) is 3.60. The number of rotatable bonds is 2. The van der Waals surface area contributed by atoms with E-state index in [0.29, 0.717) is 18.0 Å². The van der Waals surface area contributed by atoms with Crippen molar-refractivity contribution in [2.24, 2.45) is 0 Å². The molecule has 0 amide bonds. The van der Waals surface area contributed by atoms with Crippen molar-refractivity contribution in [3.63, 3.8) is 0 Å². The van der Waals surface area contributed by atoms with Gasteiger partial charge in [0.1, 0.15) is 0 Å². The molecule has 1 N–H and O–H groups in total. The first-order chi connectivity index (χ1) is 10.0. The molecule has 1 aliphatic heterocycles. The fourth-order valence-electron chi connectivity index (χ4n) is 2.47. The van der Waals surface area contributed by atoms with Crippen LogP contribution in [-0.4, -0.2) is 45.7 Å². The zero-order valence-electron chi connectivity index (χ0n) is 11.4. The van der Waals surface area contributed by atoms with Crippen molar-refractivity contribution < 1.29 is 13.2 Å². The van der Waals surface area contributed by atoms with Crippen molar-refractivity contribution >= 4 is 5.65 Å². The van der Waals surface area contributed by atoms with Crippen LogP contribution in [0.2, 0.25) is 0 Å². The smallest absolute Gasteiger partial charge is 0.315 e. The lowest BCUT2D eigenvalue weighted by molar-refractivity contribution is -0.137. The molecule has 0 radical (unpaired) electrons. The minimum Gasteiger partial charge on any atom is -0.315 e.